The van der Waals surface area contributed by atoms with Crippen molar-refractivity contribution in [2.45, 2.75) is 12.5 Å². The molecule has 2 atom stereocenters. The van der Waals surface area contributed by atoms with Crippen LogP contribution in [-0.4, -0.2) is 19.0 Å². The van der Waals surface area contributed by atoms with E-state index < -0.39 is 0 Å². The van der Waals surface area contributed by atoms with Crippen LogP contribution in [0, 0.1) is 11.7 Å². The zero-order valence-electron chi connectivity index (χ0n) is 12.2. The van der Waals surface area contributed by atoms with Crippen LogP contribution in [0.3, 0.4) is 0 Å². The van der Waals surface area contributed by atoms with Crippen LogP contribution >= 0.6 is 0 Å². The summed E-state index contributed by atoms with van der Waals surface area (Å²) >= 11 is 0. The summed E-state index contributed by atoms with van der Waals surface area (Å²) < 4.78 is 19.1. The molecule has 0 spiro atoms. The molecule has 1 fully saturated rings. The van der Waals surface area contributed by atoms with Crippen LogP contribution in [0.1, 0.15) is 18.0 Å². The predicted molar refractivity (Wildman–Crippen MR) is 83.1 cm³/mol. The first-order chi connectivity index (χ1) is 10.7. The summed E-state index contributed by atoms with van der Waals surface area (Å²) in [5, 5.41) is 3.36. The second-order valence-electron chi connectivity index (χ2n) is 5.44. The van der Waals surface area contributed by atoms with E-state index in [1.807, 2.05) is 36.4 Å². The summed E-state index contributed by atoms with van der Waals surface area (Å²) in [5.74, 6) is -0.457. The van der Waals surface area contributed by atoms with Gasteiger partial charge >= 0.3 is 0 Å². The van der Waals surface area contributed by atoms with Crippen molar-refractivity contribution < 1.29 is 13.9 Å². The molecular formula is C18H18FNO2. The molecule has 0 aliphatic carbocycles. The van der Waals surface area contributed by atoms with Crippen LogP contribution in [0.4, 0.5) is 10.1 Å². The number of ether oxygens (including phenoxy) is 1. The molecule has 1 aliphatic heterocycles. The maximum Gasteiger partial charge on any atom is 0.142 e. The zero-order chi connectivity index (χ0) is 15.4. The topological polar surface area (TPSA) is 38.3 Å². The number of Topliss-reactive ketones (excluding diaryl/α,β-unsaturated/α-hetero) is 1. The fourth-order valence-electron chi connectivity index (χ4n) is 2.77. The average molecular weight is 299 g/mol. The standard InChI is InChI=1S/C18H18FNO2/c19-14-6-4-5-13(11-14)18(16-12-22-10-9-17(16)21)20-15-7-2-1-3-8-15/h1-8,11,16,18,20H,9-10,12H2. The first-order valence-corrected chi connectivity index (χ1v) is 7.41. The van der Waals surface area contributed by atoms with Gasteiger partial charge in [0.2, 0.25) is 0 Å². The lowest BCUT2D eigenvalue weighted by Gasteiger charge is -2.31. The molecule has 1 N–H and O–H groups in total. The number of carbonyl (C=O) groups excluding carboxylic acids is 1. The molecule has 4 heteroatoms. The van der Waals surface area contributed by atoms with Crippen molar-refractivity contribution in [1.82, 2.24) is 0 Å². The zero-order valence-corrected chi connectivity index (χ0v) is 12.2. The second-order valence-corrected chi connectivity index (χ2v) is 5.44. The number of anilines is 1. The molecule has 1 heterocycles. The first-order valence-electron chi connectivity index (χ1n) is 7.41. The van der Waals surface area contributed by atoms with E-state index in [-0.39, 0.29) is 23.6 Å². The highest BCUT2D eigenvalue weighted by Gasteiger charge is 2.32. The third-order valence-corrected chi connectivity index (χ3v) is 3.91. The fraction of sp³-hybridized carbons (Fsp3) is 0.278. The van der Waals surface area contributed by atoms with Gasteiger partial charge in [0.15, 0.2) is 0 Å². The van der Waals surface area contributed by atoms with E-state index in [1.165, 1.54) is 12.1 Å². The van der Waals surface area contributed by atoms with Gasteiger partial charge in [-0.05, 0) is 29.8 Å². The Kier molecular flexibility index (Phi) is 4.49. The Hall–Kier alpha value is -2.20. The third kappa shape index (κ3) is 3.34. The van der Waals surface area contributed by atoms with Gasteiger partial charge in [-0.2, -0.15) is 0 Å². The quantitative estimate of drug-likeness (QED) is 0.937. The van der Waals surface area contributed by atoms with Crippen LogP contribution in [0.15, 0.2) is 54.6 Å². The molecule has 1 aliphatic rings. The number of benzene rings is 2. The monoisotopic (exact) mass is 299 g/mol. The number of halogens is 1. The number of para-hydroxylation sites is 1. The van der Waals surface area contributed by atoms with E-state index in [4.69, 9.17) is 4.74 Å². The van der Waals surface area contributed by atoms with Crippen molar-refractivity contribution in [2.24, 2.45) is 5.92 Å². The van der Waals surface area contributed by atoms with Crippen LogP contribution in [0.25, 0.3) is 0 Å². The number of ketones is 1. The molecule has 3 rings (SSSR count). The normalized spacial score (nSPS) is 19.7. The second kappa shape index (κ2) is 6.71. The molecule has 0 aromatic heterocycles. The SMILES string of the molecule is O=C1CCOCC1C(Nc1ccccc1)c1cccc(F)c1. The lowest BCUT2D eigenvalue weighted by atomic mass is 9.87. The summed E-state index contributed by atoms with van der Waals surface area (Å²) in [4.78, 5) is 12.3. The summed E-state index contributed by atoms with van der Waals surface area (Å²) in [6, 6.07) is 15.7. The van der Waals surface area contributed by atoms with Crippen molar-refractivity contribution >= 4 is 11.5 Å². The minimum Gasteiger partial charge on any atom is -0.380 e. The number of carbonyl (C=O) groups is 1. The Labute approximate surface area is 129 Å². The summed E-state index contributed by atoms with van der Waals surface area (Å²) in [5.41, 5.74) is 1.66. The molecule has 0 radical (unpaired) electrons. The van der Waals surface area contributed by atoms with Gasteiger partial charge in [0.1, 0.15) is 11.6 Å². The number of rotatable bonds is 4. The lowest BCUT2D eigenvalue weighted by Crippen LogP contribution is -2.35. The van der Waals surface area contributed by atoms with E-state index >= 15 is 0 Å². The maximum absolute atomic E-state index is 13.6. The number of hydrogen-bond acceptors (Lipinski definition) is 3. The van der Waals surface area contributed by atoms with Crippen LogP contribution < -0.4 is 5.32 Å². The first kappa shape index (κ1) is 14.7. The van der Waals surface area contributed by atoms with Crippen LogP contribution in [-0.2, 0) is 9.53 Å². The maximum atomic E-state index is 13.6. The highest BCUT2D eigenvalue weighted by Crippen LogP contribution is 2.30. The Morgan fingerprint density at radius 2 is 1.95 bits per heavy atom. The molecule has 2 aromatic carbocycles. The molecular weight excluding hydrogens is 281 g/mol. The van der Waals surface area contributed by atoms with Gasteiger partial charge in [-0.3, -0.25) is 4.79 Å². The van der Waals surface area contributed by atoms with Gasteiger partial charge < -0.3 is 10.1 Å². The van der Waals surface area contributed by atoms with Crippen molar-refractivity contribution in [3.05, 3.63) is 66.0 Å². The lowest BCUT2D eigenvalue weighted by molar-refractivity contribution is -0.131. The number of nitrogens with one attached hydrogen (secondary N) is 1. The van der Waals surface area contributed by atoms with Crippen LogP contribution in [0.2, 0.25) is 0 Å². The highest BCUT2D eigenvalue weighted by atomic mass is 19.1. The Balaban J connectivity index is 1.92. The van der Waals surface area contributed by atoms with Crippen molar-refractivity contribution in [3.8, 4) is 0 Å². The molecule has 22 heavy (non-hydrogen) atoms. The summed E-state index contributed by atoms with van der Waals surface area (Å²) in [6.07, 6.45) is 0.410. The minimum atomic E-state index is -0.309. The third-order valence-electron chi connectivity index (χ3n) is 3.91. The van der Waals surface area contributed by atoms with Crippen molar-refractivity contribution in [3.63, 3.8) is 0 Å². The summed E-state index contributed by atoms with van der Waals surface area (Å²) in [6.45, 7) is 0.830. The van der Waals surface area contributed by atoms with Gasteiger partial charge in [-0.25, -0.2) is 4.39 Å². The fourth-order valence-corrected chi connectivity index (χ4v) is 2.77. The Morgan fingerprint density at radius 1 is 1.14 bits per heavy atom. The van der Waals surface area contributed by atoms with E-state index in [0.29, 0.717) is 19.6 Å². The largest absolute Gasteiger partial charge is 0.380 e. The molecule has 2 aromatic rings. The Bertz CT molecular complexity index is 645. The van der Waals surface area contributed by atoms with E-state index in [9.17, 15) is 9.18 Å². The number of hydrogen-bond donors (Lipinski definition) is 1. The summed E-state index contributed by atoms with van der Waals surface area (Å²) in [7, 11) is 0. The minimum absolute atomic E-state index is 0.156. The average Bonchev–Trinajstić information content (AvgIpc) is 2.54. The van der Waals surface area contributed by atoms with Crippen LogP contribution in [0.5, 0.6) is 0 Å². The van der Waals surface area contributed by atoms with Gasteiger partial charge in [0, 0.05) is 12.1 Å². The van der Waals surface area contributed by atoms with Gasteiger partial charge in [-0.15, -0.1) is 0 Å². The van der Waals surface area contributed by atoms with E-state index in [1.54, 1.807) is 6.07 Å². The van der Waals surface area contributed by atoms with Gasteiger partial charge in [0.25, 0.3) is 0 Å². The Morgan fingerprint density at radius 3 is 2.68 bits per heavy atom. The molecule has 3 nitrogen and oxygen atoms in total. The van der Waals surface area contributed by atoms with Gasteiger partial charge in [0.05, 0.1) is 25.2 Å². The highest BCUT2D eigenvalue weighted by molar-refractivity contribution is 5.83. The molecule has 114 valence electrons. The predicted octanol–water partition coefficient (Wildman–Crippen LogP) is 3.58. The smallest absolute Gasteiger partial charge is 0.142 e. The molecule has 0 bridgehead atoms. The van der Waals surface area contributed by atoms with Crippen molar-refractivity contribution in [2.75, 3.05) is 18.5 Å². The van der Waals surface area contributed by atoms with E-state index in [2.05, 4.69) is 5.32 Å². The molecule has 2 unspecified atom stereocenters. The van der Waals surface area contributed by atoms with Gasteiger partial charge in [-0.1, -0.05) is 30.3 Å². The van der Waals surface area contributed by atoms with Crippen molar-refractivity contribution in [1.29, 1.82) is 0 Å². The molecule has 0 saturated carbocycles. The van der Waals surface area contributed by atoms with E-state index in [0.717, 1.165) is 11.3 Å². The molecule has 1 saturated heterocycles. The molecule has 0 amide bonds.